The van der Waals surface area contributed by atoms with E-state index < -0.39 is 0 Å². The van der Waals surface area contributed by atoms with Crippen LogP contribution in [0.4, 0.5) is 4.39 Å². The molecule has 0 aromatic heterocycles. The Hall–Kier alpha value is -0.490. The highest BCUT2D eigenvalue weighted by molar-refractivity contribution is 9.10. The second kappa shape index (κ2) is 6.10. The lowest BCUT2D eigenvalue weighted by Gasteiger charge is -2.36. The van der Waals surface area contributed by atoms with E-state index >= 15 is 0 Å². The zero-order chi connectivity index (χ0) is 13.1. The number of ether oxygens (including phenoxy) is 1. The molecule has 1 fully saturated rings. The maximum atomic E-state index is 13.7. The van der Waals surface area contributed by atoms with Crippen LogP contribution >= 0.6 is 15.9 Å². The van der Waals surface area contributed by atoms with Crippen LogP contribution in [-0.4, -0.2) is 41.9 Å². The molecule has 0 aliphatic carbocycles. The molecule has 5 heteroatoms. The average molecular weight is 318 g/mol. The fourth-order valence-corrected chi connectivity index (χ4v) is 2.68. The Morgan fingerprint density at radius 3 is 3.00 bits per heavy atom. The van der Waals surface area contributed by atoms with Crippen LogP contribution in [0.2, 0.25) is 0 Å². The van der Waals surface area contributed by atoms with Gasteiger partial charge in [-0.1, -0.05) is 15.9 Å². The van der Waals surface area contributed by atoms with Crippen molar-refractivity contribution in [3.05, 3.63) is 34.1 Å². The summed E-state index contributed by atoms with van der Waals surface area (Å²) in [4.78, 5) is 2.11. The first kappa shape index (κ1) is 13.9. The summed E-state index contributed by atoms with van der Waals surface area (Å²) in [5, 5.41) is 9.16. The fraction of sp³-hybridized carbons (Fsp3) is 0.538. The Balaban J connectivity index is 2.06. The first-order chi connectivity index (χ1) is 8.58. The number of morpholine rings is 1. The number of nitrogens with zero attached hydrogens (tertiary/aromatic N) is 1. The van der Waals surface area contributed by atoms with Gasteiger partial charge in [-0.3, -0.25) is 4.90 Å². The van der Waals surface area contributed by atoms with Crippen LogP contribution < -0.4 is 0 Å². The molecule has 3 nitrogen and oxygen atoms in total. The minimum absolute atomic E-state index is 0.00179. The molecule has 2 rings (SSSR count). The largest absolute Gasteiger partial charge is 0.394 e. The molecule has 2 atom stereocenters. The van der Waals surface area contributed by atoms with E-state index in [9.17, 15) is 4.39 Å². The van der Waals surface area contributed by atoms with Crippen molar-refractivity contribution < 1.29 is 14.2 Å². The average Bonchev–Trinajstić information content (AvgIpc) is 2.33. The highest BCUT2D eigenvalue weighted by atomic mass is 79.9. The molecule has 1 aromatic rings. The quantitative estimate of drug-likeness (QED) is 0.927. The van der Waals surface area contributed by atoms with E-state index in [1.165, 1.54) is 6.07 Å². The lowest BCUT2D eigenvalue weighted by Crippen LogP contribution is -2.47. The molecule has 1 aromatic carbocycles. The van der Waals surface area contributed by atoms with Gasteiger partial charge in [-0.05, 0) is 25.1 Å². The molecule has 1 N–H and O–H groups in total. The van der Waals surface area contributed by atoms with Crippen molar-refractivity contribution in [2.75, 3.05) is 19.7 Å². The van der Waals surface area contributed by atoms with E-state index in [-0.39, 0.29) is 24.6 Å². The standard InChI is InChI=1S/C13H17BrFNO2/c1-9-5-16(7-12(8-17)18-9)6-10-4-11(14)2-3-13(10)15/h2-4,9,12,17H,5-8H2,1H3. The zero-order valence-electron chi connectivity index (χ0n) is 10.3. The zero-order valence-corrected chi connectivity index (χ0v) is 11.9. The molecule has 1 heterocycles. The van der Waals surface area contributed by atoms with Gasteiger partial charge in [-0.15, -0.1) is 0 Å². The van der Waals surface area contributed by atoms with Gasteiger partial charge in [0.2, 0.25) is 0 Å². The smallest absolute Gasteiger partial charge is 0.127 e. The summed E-state index contributed by atoms with van der Waals surface area (Å²) in [5.41, 5.74) is 0.662. The SMILES string of the molecule is CC1CN(Cc2cc(Br)ccc2F)CC(CO)O1. The topological polar surface area (TPSA) is 32.7 Å². The number of halogens is 2. The molecule has 1 saturated heterocycles. The van der Waals surface area contributed by atoms with Gasteiger partial charge in [0.25, 0.3) is 0 Å². The third-order valence-corrected chi connectivity index (χ3v) is 3.50. The minimum Gasteiger partial charge on any atom is -0.394 e. The minimum atomic E-state index is -0.196. The first-order valence-corrected chi connectivity index (χ1v) is 6.80. The molecule has 100 valence electrons. The van der Waals surface area contributed by atoms with Crippen LogP contribution in [0.1, 0.15) is 12.5 Å². The summed E-state index contributed by atoms with van der Waals surface area (Å²) >= 11 is 3.35. The van der Waals surface area contributed by atoms with Gasteiger partial charge in [0.1, 0.15) is 5.82 Å². The van der Waals surface area contributed by atoms with Crippen LogP contribution in [0.5, 0.6) is 0 Å². The molecule has 0 amide bonds. The molecule has 0 spiro atoms. The molecule has 0 saturated carbocycles. The van der Waals surface area contributed by atoms with Crippen molar-refractivity contribution in [1.82, 2.24) is 4.90 Å². The summed E-state index contributed by atoms with van der Waals surface area (Å²) < 4.78 is 20.1. The number of aliphatic hydroxyl groups excluding tert-OH is 1. The Morgan fingerprint density at radius 1 is 1.50 bits per heavy atom. The predicted octanol–water partition coefficient (Wildman–Crippen LogP) is 2.17. The Kier molecular flexibility index (Phi) is 4.72. The van der Waals surface area contributed by atoms with E-state index in [1.807, 2.05) is 6.92 Å². The van der Waals surface area contributed by atoms with Crippen LogP contribution in [-0.2, 0) is 11.3 Å². The highest BCUT2D eigenvalue weighted by Gasteiger charge is 2.25. The third-order valence-electron chi connectivity index (χ3n) is 3.01. The molecule has 0 radical (unpaired) electrons. The monoisotopic (exact) mass is 317 g/mol. The third kappa shape index (κ3) is 3.51. The van der Waals surface area contributed by atoms with Crippen molar-refractivity contribution in [2.24, 2.45) is 0 Å². The van der Waals surface area contributed by atoms with Gasteiger partial charge >= 0.3 is 0 Å². The van der Waals surface area contributed by atoms with Crippen LogP contribution in [0.3, 0.4) is 0 Å². The normalized spacial score (nSPS) is 25.3. The van der Waals surface area contributed by atoms with Crippen LogP contribution in [0.25, 0.3) is 0 Å². The van der Waals surface area contributed by atoms with Gasteiger partial charge in [0.15, 0.2) is 0 Å². The van der Waals surface area contributed by atoms with E-state index in [1.54, 1.807) is 12.1 Å². The molecule has 0 bridgehead atoms. The van der Waals surface area contributed by atoms with Crippen molar-refractivity contribution in [3.63, 3.8) is 0 Å². The van der Waals surface area contributed by atoms with Crippen molar-refractivity contribution in [2.45, 2.75) is 25.7 Å². The molecule has 2 unspecified atom stereocenters. The number of benzene rings is 1. The summed E-state index contributed by atoms with van der Waals surface area (Å²) in [6, 6.07) is 4.95. The van der Waals surface area contributed by atoms with Crippen molar-refractivity contribution in [3.8, 4) is 0 Å². The fourth-order valence-electron chi connectivity index (χ4n) is 2.28. The lowest BCUT2D eigenvalue weighted by atomic mass is 10.1. The Bertz CT molecular complexity index is 416. The maximum Gasteiger partial charge on any atom is 0.127 e. The molecular weight excluding hydrogens is 301 g/mol. The van der Waals surface area contributed by atoms with Crippen molar-refractivity contribution in [1.29, 1.82) is 0 Å². The summed E-state index contributed by atoms with van der Waals surface area (Å²) in [6.07, 6.45) is -0.116. The first-order valence-electron chi connectivity index (χ1n) is 6.01. The van der Waals surface area contributed by atoms with Gasteiger partial charge in [0.05, 0.1) is 18.8 Å². The van der Waals surface area contributed by atoms with Crippen molar-refractivity contribution >= 4 is 15.9 Å². The van der Waals surface area contributed by atoms with Gasteiger partial charge in [-0.2, -0.15) is 0 Å². The molecular formula is C13H17BrFNO2. The second-order valence-electron chi connectivity index (χ2n) is 4.68. The lowest BCUT2D eigenvalue weighted by molar-refractivity contribution is -0.0974. The number of hydrogen-bond acceptors (Lipinski definition) is 3. The van der Waals surface area contributed by atoms with Gasteiger partial charge < -0.3 is 9.84 Å². The molecule has 18 heavy (non-hydrogen) atoms. The summed E-state index contributed by atoms with van der Waals surface area (Å²) in [7, 11) is 0. The maximum absolute atomic E-state index is 13.7. The Labute approximate surface area is 115 Å². The highest BCUT2D eigenvalue weighted by Crippen LogP contribution is 2.19. The predicted molar refractivity (Wildman–Crippen MR) is 70.8 cm³/mol. The molecule has 1 aliphatic heterocycles. The second-order valence-corrected chi connectivity index (χ2v) is 5.60. The summed E-state index contributed by atoms with van der Waals surface area (Å²) in [5.74, 6) is -0.196. The van der Waals surface area contributed by atoms with Gasteiger partial charge in [0, 0.05) is 29.7 Å². The van der Waals surface area contributed by atoms with E-state index in [0.29, 0.717) is 18.7 Å². The van der Waals surface area contributed by atoms with E-state index in [0.717, 1.165) is 11.0 Å². The number of aliphatic hydroxyl groups is 1. The van der Waals surface area contributed by atoms with Gasteiger partial charge in [-0.25, -0.2) is 4.39 Å². The number of hydrogen-bond donors (Lipinski definition) is 1. The van der Waals surface area contributed by atoms with Crippen LogP contribution in [0, 0.1) is 5.82 Å². The number of rotatable bonds is 3. The molecule has 1 aliphatic rings. The Morgan fingerprint density at radius 2 is 2.28 bits per heavy atom. The van der Waals surface area contributed by atoms with E-state index in [4.69, 9.17) is 9.84 Å². The van der Waals surface area contributed by atoms with E-state index in [2.05, 4.69) is 20.8 Å². The summed E-state index contributed by atoms with van der Waals surface area (Å²) in [6.45, 7) is 3.89. The van der Waals surface area contributed by atoms with Crippen LogP contribution in [0.15, 0.2) is 22.7 Å².